The van der Waals surface area contributed by atoms with Gasteiger partial charge in [-0.1, -0.05) is 42.5 Å². The number of anilines is 1. The first-order chi connectivity index (χ1) is 12.6. The summed E-state index contributed by atoms with van der Waals surface area (Å²) in [5, 5.41) is 14.2. The third-order valence-corrected chi connectivity index (χ3v) is 4.59. The highest BCUT2D eigenvalue weighted by atomic mass is 16.5. The number of amides is 1. The van der Waals surface area contributed by atoms with Gasteiger partial charge in [-0.05, 0) is 24.3 Å². The number of fused-ring (bicyclic) bond motifs is 2. The summed E-state index contributed by atoms with van der Waals surface area (Å²) in [4.78, 5) is 24.2. The number of ether oxygens (including phenoxy) is 2. The molecule has 1 amide bonds. The minimum Gasteiger partial charge on any atom is -0.550 e. The molecule has 1 N–H and O–H groups in total. The Balaban J connectivity index is 1.55. The summed E-state index contributed by atoms with van der Waals surface area (Å²) in [6, 6.07) is 16.2. The lowest BCUT2D eigenvalue weighted by atomic mass is 9.82. The minimum atomic E-state index is -1.28. The van der Waals surface area contributed by atoms with Gasteiger partial charge in [-0.2, -0.15) is 0 Å². The molecule has 2 bridgehead atoms. The molecule has 2 aromatic carbocycles. The maximum Gasteiger partial charge on any atom is 0.231 e. The van der Waals surface area contributed by atoms with Gasteiger partial charge in [-0.25, -0.2) is 0 Å². The van der Waals surface area contributed by atoms with Crippen molar-refractivity contribution in [2.45, 2.75) is 12.2 Å². The van der Waals surface area contributed by atoms with Crippen LogP contribution in [0.2, 0.25) is 0 Å². The first-order valence-electron chi connectivity index (χ1n) is 8.31. The molecule has 6 nitrogen and oxygen atoms in total. The Morgan fingerprint density at radius 3 is 2.31 bits per heavy atom. The highest BCUT2D eigenvalue weighted by Gasteiger charge is 2.50. The molecule has 26 heavy (non-hydrogen) atoms. The molecule has 0 spiro atoms. The van der Waals surface area contributed by atoms with Crippen LogP contribution in [0, 0.1) is 11.8 Å². The fourth-order valence-electron chi connectivity index (χ4n) is 3.39. The number of hydrogen-bond donors (Lipinski definition) is 1. The van der Waals surface area contributed by atoms with Crippen LogP contribution in [-0.2, 0) is 14.3 Å². The SMILES string of the molecule is O=C([O-])[C@@H]1[C@@H](C(=O)Nc2ccccc2Oc2ccccc2)[C@H]2C=C[C@@H]1O2. The van der Waals surface area contributed by atoms with Gasteiger partial charge in [-0.3, -0.25) is 4.79 Å². The molecule has 1 saturated heterocycles. The summed E-state index contributed by atoms with van der Waals surface area (Å²) in [7, 11) is 0. The Morgan fingerprint density at radius 2 is 1.58 bits per heavy atom. The van der Waals surface area contributed by atoms with Crippen LogP contribution in [-0.4, -0.2) is 24.1 Å². The van der Waals surface area contributed by atoms with E-state index in [9.17, 15) is 14.7 Å². The van der Waals surface area contributed by atoms with Gasteiger partial charge < -0.3 is 24.7 Å². The number of carboxylic acid groups (broad SMARTS) is 1. The normalized spacial score (nSPS) is 25.8. The van der Waals surface area contributed by atoms with Crippen LogP contribution in [0.5, 0.6) is 11.5 Å². The monoisotopic (exact) mass is 350 g/mol. The van der Waals surface area contributed by atoms with Gasteiger partial charge in [0, 0.05) is 11.9 Å². The van der Waals surface area contributed by atoms with Gasteiger partial charge in [0.2, 0.25) is 5.91 Å². The molecule has 2 aromatic rings. The predicted octanol–water partition coefficient (Wildman–Crippen LogP) is 1.74. The first kappa shape index (κ1) is 16.4. The molecule has 132 valence electrons. The molecule has 4 atom stereocenters. The average Bonchev–Trinajstić information content (AvgIpc) is 3.25. The lowest BCUT2D eigenvalue weighted by molar-refractivity contribution is -0.313. The summed E-state index contributed by atoms with van der Waals surface area (Å²) in [6.07, 6.45) is 2.23. The molecule has 0 aliphatic carbocycles. The van der Waals surface area contributed by atoms with Crippen molar-refractivity contribution < 1.29 is 24.2 Å². The third-order valence-electron chi connectivity index (χ3n) is 4.59. The van der Waals surface area contributed by atoms with E-state index in [-0.39, 0.29) is 0 Å². The Bertz CT molecular complexity index is 864. The highest BCUT2D eigenvalue weighted by Crippen LogP contribution is 2.40. The maximum absolute atomic E-state index is 12.8. The van der Waals surface area contributed by atoms with Gasteiger partial charge in [0.25, 0.3) is 0 Å². The van der Waals surface area contributed by atoms with Crippen molar-refractivity contribution in [1.29, 1.82) is 0 Å². The Labute approximate surface area is 150 Å². The second kappa shape index (κ2) is 6.65. The van der Waals surface area contributed by atoms with Gasteiger partial charge in [-0.15, -0.1) is 0 Å². The Morgan fingerprint density at radius 1 is 0.923 bits per heavy atom. The van der Waals surface area contributed by atoms with E-state index in [0.29, 0.717) is 17.2 Å². The number of carbonyl (C=O) groups is 2. The topological polar surface area (TPSA) is 87.7 Å². The summed E-state index contributed by atoms with van der Waals surface area (Å²) < 4.78 is 11.3. The summed E-state index contributed by atoms with van der Waals surface area (Å²) >= 11 is 0. The summed E-state index contributed by atoms with van der Waals surface area (Å²) in [6.45, 7) is 0. The lowest BCUT2D eigenvalue weighted by Crippen LogP contribution is -2.45. The molecular weight excluding hydrogens is 334 g/mol. The van der Waals surface area contributed by atoms with Crippen molar-refractivity contribution in [3.05, 3.63) is 66.7 Å². The Hall–Kier alpha value is -3.12. The molecule has 2 aliphatic rings. The van der Waals surface area contributed by atoms with Crippen molar-refractivity contribution in [2.75, 3.05) is 5.32 Å². The Kier molecular flexibility index (Phi) is 4.18. The van der Waals surface area contributed by atoms with Crippen molar-refractivity contribution in [1.82, 2.24) is 0 Å². The number of para-hydroxylation sites is 3. The molecule has 1 fully saturated rings. The lowest BCUT2D eigenvalue weighted by Gasteiger charge is -2.25. The number of carboxylic acids is 1. The standard InChI is InChI=1S/C20H17NO5/c22-19(17-15-10-11-16(26-15)18(17)20(23)24)21-13-8-4-5-9-14(13)25-12-6-2-1-3-7-12/h1-11,15-18H,(H,21,22)(H,23,24)/p-1/t15-,16+,17+,18+/m1/s1. The predicted molar refractivity (Wildman–Crippen MR) is 91.4 cm³/mol. The van der Waals surface area contributed by atoms with Crippen LogP contribution in [0.1, 0.15) is 0 Å². The summed E-state index contributed by atoms with van der Waals surface area (Å²) in [5.41, 5.74) is 0.463. The third kappa shape index (κ3) is 2.95. The zero-order chi connectivity index (χ0) is 18.1. The molecule has 6 heteroatoms. The van der Waals surface area contributed by atoms with E-state index in [4.69, 9.17) is 9.47 Å². The van der Waals surface area contributed by atoms with Crippen LogP contribution in [0.3, 0.4) is 0 Å². The second-order valence-corrected chi connectivity index (χ2v) is 6.22. The van der Waals surface area contributed by atoms with Crippen molar-refractivity contribution in [3.63, 3.8) is 0 Å². The van der Waals surface area contributed by atoms with Gasteiger partial charge in [0.15, 0.2) is 5.75 Å². The van der Waals surface area contributed by atoms with Gasteiger partial charge in [0.05, 0.1) is 23.8 Å². The van der Waals surface area contributed by atoms with Crippen LogP contribution in [0.4, 0.5) is 5.69 Å². The fourth-order valence-corrected chi connectivity index (χ4v) is 3.39. The van der Waals surface area contributed by atoms with Crippen LogP contribution >= 0.6 is 0 Å². The molecule has 4 rings (SSSR count). The number of hydrogen-bond acceptors (Lipinski definition) is 5. The number of aliphatic carboxylic acids is 1. The largest absolute Gasteiger partial charge is 0.550 e. The van der Waals surface area contributed by atoms with E-state index in [2.05, 4.69) is 5.32 Å². The molecule has 0 aromatic heterocycles. The van der Waals surface area contributed by atoms with E-state index in [1.54, 1.807) is 48.6 Å². The molecule has 2 aliphatic heterocycles. The second-order valence-electron chi connectivity index (χ2n) is 6.22. The quantitative estimate of drug-likeness (QED) is 0.830. The fraction of sp³-hybridized carbons (Fsp3) is 0.200. The zero-order valence-electron chi connectivity index (χ0n) is 13.7. The first-order valence-corrected chi connectivity index (χ1v) is 8.31. The van der Waals surface area contributed by atoms with Crippen molar-refractivity contribution in [2.24, 2.45) is 11.8 Å². The maximum atomic E-state index is 12.8. The minimum absolute atomic E-state index is 0.430. The number of rotatable bonds is 5. The molecule has 0 unspecified atom stereocenters. The molecule has 2 heterocycles. The van der Waals surface area contributed by atoms with Crippen molar-refractivity contribution >= 4 is 17.6 Å². The average molecular weight is 350 g/mol. The molecule has 0 radical (unpaired) electrons. The number of nitrogens with one attached hydrogen (secondary N) is 1. The smallest absolute Gasteiger partial charge is 0.231 e. The van der Waals surface area contributed by atoms with E-state index in [1.807, 2.05) is 18.2 Å². The van der Waals surface area contributed by atoms with Crippen LogP contribution in [0.15, 0.2) is 66.7 Å². The van der Waals surface area contributed by atoms with E-state index < -0.39 is 35.9 Å². The number of benzene rings is 2. The van der Waals surface area contributed by atoms with Gasteiger partial charge in [0.1, 0.15) is 5.75 Å². The van der Waals surface area contributed by atoms with E-state index in [1.165, 1.54) is 0 Å². The van der Waals surface area contributed by atoms with Gasteiger partial charge >= 0.3 is 0 Å². The molecular formula is C20H16NO5-. The number of carbonyl (C=O) groups excluding carboxylic acids is 2. The molecule has 0 saturated carbocycles. The zero-order valence-corrected chi connectivity index (χ0v) is 13.7. The summed E-state index contributed by atoms with van der Waals surface area (Å²) in [5.74, 6) is -2.44. The van der Waals surface area contributed by atoms with Crippen LogP contribution in [0.25, 0.3) is 0 Å². The van der Waals surface area contributed by atoms with E-state index >= 15 is 0 Å². The highest BCUT2D eigenvalue weighted by molar-refractivity contribution is 5.97. The van der Waals surface area contributed by atoms with Crippen molar-refractivity contribution in [3.8, 4) is 11.5 Å². The van der Waals surface area contributed by atoms with Crippen LogP contribution < -0.4 is 15.2 Å². The van der Waals surface area contributed by atoms with E-state index in [0.717, 1.165) is 0 Å².